The van der Waals surface area contributed by atoms with E-state index in [-0.39, 0.29) is 29.2 Å². The van der Waals surface area contributed by atoms with Crippen LogP contribution >= 0.6 is 0 Å². The number of carbonyl (C=O) groups excluding carboxylic acids is 1. The molecule has 0 saturated heterocycles. The van der Waals surface area contributed by atoms with E-state index in [9.17, 15) is 49.5 Å². The summed E-state index contributed by atoms with van der Waals surface area (Å²) in [5, 5.41) is 48.3. The summed E-state index contributed by atoms with van der Waals surface area (Å²) in [6.45, 7) is 0. The molecule has 12 heteroatoms. The predicted octanol–water partition coefficient (Wildman–Crippen LogP) is 3.82. The van der Waals surface area contributed by atoms with Gasteiger partial charge in [0.2, 0.25) is 5.78 Å². The first-order valence-corrected chi connectivity index (χ1v) is 12.2. The predicted molar refractivity (Wildman–Crippen MR) is 143 cm³/mol. The van der Waals surface area contributed by atoms with Crippen LogP contribution in [0, 0.1) is 0 Å². The Hall–Kier alpha value is -5.75. The summed E-state index contributed by atoms with van der Waals surface area (Å²) >= 11 is 0. The Balaban J connectivity index is 1.68. The summed E-state index contributed by atoms with van der Waals surface area (Å²) in [7, 11) is 0. The maximum atomic E-state index is 13.7. The van der Waals surface area contributed by atoms with Crippen LogP contribution in [0.15, 0.2) is 90.7 Å². The Labute approximate surface area is 237 Å². The SMILES string of the molecule is O=C(O)c1ccc(OC2=CCC(Oc3ccc(C(=O)O)c(C(=O)O)c3)(C(=O)C(O)c3ccccc3)C=C2)cc1C(=O)O. The van der Waals surface area contributed by atoms with E-state index in [0.717, 1.165) is 24.3 Å². The van der Waals surface area contributed by atoms with Gasteiger partial charge in [0.05, 0.1) is 22.3 Å². The first kappa shape index (κ1) is 29.2. The van der Waals surface area contributed by atoms with E-state index in [1.54, 1.807) is 18.2 Å². The third-order valence-electron chi connectivity index (χ3n) is 6.34. The van der Waals surface area contributed by atoms with Crippen LogP contribution in [-0.4, -0.2) is 60.8 Å². The van der Waals surface area contributed by atoms with Crippen LogP contribution in [0.5, 0.6) is 11.5 Å². The molecule has 0 amide bonds. The van der Waals surface area contributed by atoms with E-state index in [1.165, 1.54) is 42.5 Å². The van der Waals surface area contributed by atoms with Gasteiger partial charge in [-0.3, -0.25) is 4.79 Å². The fourth-order valence-electron chi connectivity index (χ4n) is 4.25. The lowest BCUT2D eigenvalue weighted by Gasteiger charge is -2.33. The van der Waals surface area contributed by atoms with Gasteiger partial charge in [-0.2, -0.15) is 0 Å². The van der Waals surface area contributed by atoms with Gasteiger partial charge in [-0.15, -0.1) is 0 Å². The Morgan fingerprint density at radius 2 is 1.21 bits per heavy atom. The van der Waals surface area contributed by atoms with Gasteiger partial charge in [0.15, 0.2) is 5.60 Å². The normalized spacial score (nSPS) is 16.5. The Morgan fingerprint density at radius 1 is 0.690 bits per heavy atom. The summed E-state index contributed by atoms with van der Waals surface area (Å²) in [6.07, 6.45) is 2.08. The minimum atomic E-state index is -1.90. The number of carboxylic acids is 4. The number of benzene rings is 3. The van der Waals surface area contributed by atoms with Gasteiger partial charge in [-0.1, -0.05) is 30.3 Å². The molecule has 5 N–H and O–H groups in total. The fourth-order valence-corrected chi connectivity index (χ4v) is 4.25. The van der Waals surface area contributed by atoms with Crippen LogP contribution in [0.25, 0.3) is 0 Å². The molecule has 42 heavy (non-hydrogen) atoms. The molecule has 1 aliphatic carbocycles. The van der Waals surface area contributed by atoms with Crippen LogP contribution in [0.1, 0.15) is 59.5 Å². The lowest BCUT2D eigenvalue weighted by Crippen LogP contribution is -2.46. The molecule has 3 aromatic rings. The van der Waals surface area contributed by atoms with Crippen molar-refractivity contribution in [3.05, 3.63) is 119 Å². The summed E-state index contributed by atoms with van der Waals surface area (Å²) in [5.41, 5.74) is -3.66. The van der Waals surface area contributed by atoms with Crippen molar-refractivity contribution in [1.82, 2.24) is 0 Å². The van der Waals surface area contributed by atoms with E-state index in [4.69, 9.17) is 9.47 Å². The summed E-state index contributed by atoms with van der Waals surface area (Å²) < 4.78 is 11.7. The Bertz CT molecular complexity index is 1650. The highest BCUT2D eigenvalue weighted by Crippen LogP contribution is 2.35. The third-order valence-corrected chi connectivity index (χ3v) is 6.34. The van der Waals surface area contributed by atoms with Gasteiger partial charge in [0.1, 0.15) is 23.4 Å². The largest absolute Gasteiger partial charge is 0.478 e. The van der Waals surface area contributed by atoms with Gasteiger partial charge in [0, 0.05) is 6.42 Å². The van der Waals surface area contributed by atoms with Gasteiger partial charge in [-0.25, -0.2) is 19.2 Å². The van der Waals surface area contributed by atoms with Gasteiger partial charge in [0.25, 0.3) is 0 Å². The van der Waals surface area contributed by atoms with Crippen molar-refractivity contribution in [3.63, 3.8) is 0 Å². The molecule has 0 fully saturated rings. The average molecular weight is 574 g/mol. The molecule has 12 nitrogen and oxygen atoms in total. The number of Topliss-reactive ketones (excluding diaryl/α,β-unsaturated/α-hetero) is 1. The maximum absolute atomic E-state index is 13.7. The van der Waals surface area contributed by atoms with Crippen molar-refractivity contribution in [2.75, 3.05) is 0 Å². The molecule has 0 radical (unpaired) electrons. The highest BCUT2D eigenvalue weighted by atomic mass is 16.5. The van der Waals surface area contributed by atoms with E-state index in [2.05, 4.69) is 0 Å². The van der Waals surface area contributed by atoms with Crippen molar-refractivity contribution >= 4 is 29.7 Å². The molecule has 0 aromatic heterocycles. The monoisotopic (exact) mass is 574 g/mol. The van der Waals surface area contributed by atoms with Crippen LogP contribution in [0.2, 0.25) is 0 Å². The topological polar surface area (TPSA) is 205 Å². The maximum Gasteiger partial charge on any atom is 0.336 e. The number of carboxylic acid groups (broad SMARTS) is 4. The van der Waals surface area contributed by atoms with Crippen molar-refractivity contribution in [1.29, 1.82) is 0 Å². The van der Waals surface area contributed by atoms with Crippen LogP contribution in [-0.2, 0) is 4.79 Å². The van der Waals surface area contributed by atoms with Crippen molar-refractivity contribution < 1.29 is 59.0 Å². The lowest BCUT2D eigenvalue weighted by molar-refractivity contribution is -0.139. The van der Waals surface area contributed by atoms with E-state index in [1.807, 2.05) is 0 Å². The fraction of sp³-hybridized carbons (Fsp3) is 0.100. The zero-order chi connectivity index (χ0) is 30.6. The number of hydrogen-bond acceptors (Lipinski definition) is 8. The minimum Gasteiger partial charge on any atom is -0.478 e. The van der Waals surface area contributed by atoms with Crippen LogP contribution in [0.3, 0.4) is 0 Å². The zero-order valence-electron chi connectivity index (χ0n) is 21.5. The molecule has 0 bridgehead atoms. The molecule has 2 unspecified atom stereocenters. The molecule has 0 spiro atoms. The molecule has 0 heterocycles. The average Bonchev–Trinajstić information content (AvgIpc) is 2.97. The second kappa shape index (κ2) is 11.8. The Morgan fingerprint density at radius 3 is 1.71 bits per heavy atom. The van der Waals surface area contributed by atoms with Crippen molar-refractivity contribution in [2.24, 2.45) is 0 Å². The summed E-state index contributed by atoms with van der Waals surface area (Å²) in [4.78, 5) is 59.7. The van der Waals surface area contributed by atoms with Crippen molar-refractivity contribution in [2.45, 2.75) is 18.1 Å². The smallest absolute Gasteiger partial charge is 0.336 e. The van der Waals surface area contributed by atoms with Gasteiger partial charge < -0.3 is 35.0 Å². The van der Waals surface area contributed by atoms with E-state index >= 15 is 0 Å². The molecule has 4 rings (SSSR count). The number of aliphatic hydroxyl groups excluding tert-OH is 1. The second-order valence-corrected chi connectivity index (χ2v) is 9.05. The third kappa shape index (κ3) is 6.03. The number of aromatic carboxylic acids is 4. The number of ketones is 1. The minimum absolute atomic E-state index is 0.00674. The zero-order valence-corrected chi connectivity index (χ0v) is 21.5. The quantitative estimate of drug-likeness (QED) is 0.222. The number of allylic oxidation sites excluding steroid dienone is 1. The van der Waals surface area contributed by atoms with E-state index in [0.29, 0.717) is 0 Å². The van der Waals surface area contributed by atoms with Gasteiger partial charge >= 0.3 is 23.9 Å². The second-order valence-electron chi connectivity index (χ2n) is 9.05. The molecule has 1 aliphatic rings. The molecule has 0 aliphatic heterocycles. The summed E-state index contributed by atoms with van der Waals surface area (Å²) in [5.74, 6) is -6.79. The Kier molecular flexibility index (Phi) is 8.20. The number of rotatable bonds is 11. The number of carbonyl (C=O) groups is 5. The highest BCUT2D eigenvalue weighted by Gasteiger charge is 2.43. The molecular formula is C30H22O12. The number of hydrogen-bond donors (Lipinski definition) is 5. The first-order chi connectivity index (χ1) is 19.9. The molecule has 3 aromatic carbocycles. The molecule has 0 saturated carbocycles. The number of ether oxygens (including phenoxy) is 2. The van der Waals surface area contributed by atoms with Crippen LogP contribution < -0.4 is 9.47 Å². The van der Waals surface area contributed by atoms with E-state index < -0.39 is 63.6 Å². The highest BCUT2D eigenvalue weighted by molar-refractivity contribution is 6.03. The number of aliphatic hydroxyl groups is 1. The lowest BCUT2D eigenvalue weighted by atomic mass is 9.85. The molecule has 214 valence electrons. The van der Waals surface area contributed by atoms with Crippen molar-refractivity contribution in [3.8, 4) is 11.5 Å². The standard InChI is InChI=1S/C30H22O12/c31-24(16-4-2-1-3-5-16)25(32)30(42-19-7-9-21(27(35)36)23(15-19)29(39)40)12-10-17(11-13-30)41-18-6-8-20(26(33)34)22(14-18)28(37)38/h1-12,14-15,24,31H,13H2,(H,33,34)(H,35,36)(H,37,38)(H,39,40). The van der Waals surface area contributed by atoms with Gasteiger partial charge in [-0.05, 0) is 60.2 Å². The summed E-state index contributed by atoms with van der Waals surface area (Å²) in [6, 6.07) is 14.5. The van der Waals surface area contributed by atoms with Crippen LogP contribution in [0.4, 0.5) is 0 Å². The molecule has 2 atom stereocenters. The molecular weight excluding hydrogens is 552 g/mol. The first-order valence-electron chi connectivity index (χ1n) is 12.2.